The zero-order valence-electron chi connectivity index (χ0n) is 13.7. The SMILES string of the molecule is COc1ccc(C=CCCNC(=O)OCc2ccccc2)c(N)c1. The molecule has 0 saturated carbocycles. The van der Waals surface area contributed by atoms with Crippen molar-refractivity contribution in [2.45, 2.75) is 13.0 Å². The minimum absolute atomic E-state index is 0.269. The van der Waals surface area contributed by atoms with Crippen molar-refractivity contribution >= 4 is 17.9 Å². The molecular formula is C19H22N2O3. The van der Waals surface area contributed by atoms with Crippen LogP contribution in [0.3, 0.4) is 0 Å². The zero-order valence-corrected chi connectivity index (χ0v) is 13.7. The number of nitrogens with two attached hydrogens (primary N) is 1. The lowest BCUT2D eigenvalue weighted by Crippen LogP contribution is -2.24. The lowest BCUT2D eigenvalue weighted by Gasteiger charge is -2.06. The molecule has 0 radical (unpaired) electrons. The highest BCUT2D eigenvalue weighted by Gasteiger charge is 2.01. The molecule has 0 fully saturated rings. The van der Waals surface area contributed by atoms with Gasteiger partial charge in [-0.25, -0.2) is 4.79 Å². The predicted octanol–water partition coefficient (Wildman–Crippen LogP) is 3.61. The molecule has 1 amide bonds. The first-order valence-corrected chi connectivity index (χ1v) is 7.73. The number of nitrogens with one attached hydrogen (secondary N) is 1. The fourth-order valence-corrected chi connectivity index (χ4v) is 2.07. The highest BCUT2D eigenvalue weighted by molar-refractivity contribution is 5.67. The number of alkyl carbamates (subject to hydrolysis) is 1. The Labute approximate surface area is 142 Å². The van der Waals surface area contributed by atoms with Gasteiger partial charge in [0.25, 0.3) is 0 Å². The van der Waals surface area contributed by atoms with E-state index in [0.29, 0.717) is 18.7 Å². The lowest BCUT2D eigenvalue weighted by atomic mass is 10.1. The monoisotopic (exact) mass is 326 g/mol. The molecule has 0 unspecified atom stereocenters. The standard InChI is InChI=1S/C19H22N2O3/c1-23-17-11-10-16(18(20)13-17)9-5-6-12-21-19(22)24-14-15-7-3-2-4-8-15/h2-5,7-11,13H,6,12,14,20H2,1H3,(H,21,22). The average Bonchev–Trinajstić information content (AvgIpc) is 2.61. The molecule has 0 aromatic heterocycles. The summed E-state index contributed by atoms with van der Waals surface area (Å²) in [5, 5.41) is 2.71. The normalized spacial score (nSPS) is 10.5. The van der Waals surface area contributed by atoms with Crippen molar-refractivity contribution in [3.05, 3.63) is 65.7 Å². The predicted molar refractivity (Wildman–Crippen MR) is 95.7 cm³/mol. The summed E-state index contributed by atoms with van der Waals surface area (Å²) in [4.78, 5) is 11.6. The van der Waals surface area contributed by atoms with Gasteiger partial charge in [-0.2, -0.15) is 0 Å². The number of anilines is 1. The highest BCUT2D eigenvalue weighted by Crippen LogP contribution is 2.20. The van der Waals surface area contributed by atoms with Crippen LogP contribution in [0.15, 0.2) is 54.6 Å². The van der Waals surface area contributed by atoms with Gasteiger partial charge in [0.15, 0.2) is 0 Å². The molecule has 3 N–H and O–H groups in total. The molecule has 2 rings (SSSR count). The molecule has 2 aromatic rings. The van der Waals surface area contributed by atoms with Crippen LogP contribution in [-0.2, 0) is 11.3 Å². The van der Waals surface area contributed by atoms with Gasteiger partial charge in [-0.3, -0.25) is 0 Å². The average molecular weight is 326 g/mol. The summed E-state index contributed by atoms with van der Waals surface area (Å²) in [7, 11) is 1.60. The topological polar surface area (TPSA) is 73.6 Å². The van der Waals surface area contributed by atoms with Crippen LogP contribution in [0.5, 0.6) is 5.75 Å². The highest BCUT2D eigenvalue weighted by atomic mass is 16.5. The Bertz CT molecular complexity index is 684. The van der Waals surface area contributed by atoms with E-state index < -0.39 is 6.09 Å². The van der Waals surface area contributed by atoms with E-state index in [9.17, 15) is 4.79 Å². The quantitative estimate of drug-likeness (QED) is 0.602. The summed E-state index contributed by atoms with van der Waals surface area (Å²) >= 11 is 0. The van der Waals surface area contributed by atoms with Crippen molar-refractivity contribution in [2.24, 2.45) is 0 Å². The number of benzene rings is 2. The third kappa shape index (κ3) is 5.68. The molecular weight excluding hydrogens is 304 g/mol. The fourth-order valence-electron chi connectivity index (χ4n) is 2.07. The zero-order chi connectivity index (χ0) is 17.2. The van der Waals surface area contributed by atoms with Gasteiger partial charge in [0, 0.05) is 18.3 Å². The van der Waals surface area contributed by atoms with Gasteiger partial charge in [0.2, 0.25) is 0 Å². The number of hydrogen-bond acceptors (Lipinski definition) is 4. The molecule has 5 nitrogen and oxygen atoms in total. The maximum atomic E-state index is 11.6. The number of ether oxygens (including phenoxy) is 2. The molecule has 0 saturated heterocycles. The number of methoxy groups -OCH3 is 1. The van der Waals surface area contributed by atoms with Gasteiger partial charge in [0.05, 0.1) is 7.11 Å². The first kappa shape index (κ1) is 17.4. The van der Waals surface area contributed by atoms with Crippen molar-refractivity contribution in [1.29, 1.82) is 0 Å². The molecule has 126 valence electrons. The maximum absolute atomic E-state index is 11.6. The number of hydrogen-bond donors (Lipinski definition) is 2. The van der Waals surface area contributed by atoms with Crippen molar-refractivity contribution in [3.63, 3.8) is 0 Å². The molecule has 2 aromatic carbocycles. The van der Waals surface area contributed by atoms with E-state index in [1.807, 2.05) is 54.6 Å². The van der Waals surface area contributed by atoms with E-state index in [0.717, 1.165) is 16.9 Å². The number of carbonyl (C=O) groups excluding carboxylic acids is 1. The van der Waals surface area contributed by atoms with Crippen LogP contribution in [0, 0.1) is 0 Å². The molecule has 0 bridgehead atoms. The molecule has 0 aliphatic rings. The van der Waals surface area contributed by atoms with Crippen LogP contribution in [0.2, 0.25) is 0 Å². The van der Waals surface area contributed by atoms with E-state index >= 15 is 0 Å². The van der Waals surface area contributed by atoms with Crippen molar-refractivity contribution in [3.8, 4) is 5.75 Å². The van der Waals surface area contributed by atoms with Crippen LogP contribution in [0.4, 0.5) is 10.5 Å². The molecule has 24 heavy (non-hydrogen) atoms. The molecule has 0 aliphatic heterocycles. The third-order valence-corrected chi connectivity index (χ3v) is 3.38. The summed E-state index contributed by atoms with van der Waals surface area (Å²) < 4.78 is 10.2. The van der Waals surface area contributed by atoms with Crippen molar-refractivity contribution in [1.82, 2.24) is 5.32 Å². The summed E-state index contributed by atoms with van der Waals surface area (Å²) in [6.07, 6.45) is 4.14. The number of amides is 1. The second kappa shape index (κ2) is 9.25. The number of carbonyl (C=O) groups is 1. The summed E-state index contributed by atoms with van der Waals surface area (Å²) in [5.74, 6) is 0.729. The van der Waals surface area contributed by atoms with Crippen LogP contribution >= 0.6 is 0 Å². The van der Waals surface area contributed by atoms with E-state index in [4.69, 9.17) is 15.2 Å². The third-order valence-electron chi connectivity index (χ3n) is 3.38. The summed E-state index contributed by atoms with van der Waals surface area (Å²) in [5.41, 5.74) is 8.47. The van der Waals surface area contributed by atoms with Crippen molar-refractivity contribution in [2.75, 3.05) is 19.4 Å². The van der Waals surface area contributed by atoms with Gasteiger partial charge in [-0.05, 0) is 29.7 Å². The van der Waals surface area contributed by atoms with Crippen LogP contribution < -0.4 is 15.8 Å². The Kier molecular flexibility index (Phi) is 6.71. The Hall–Kier alpha value is -2.95. The number of nitrogen functional groups attached to an aromatic ring is 1. The van der Waals surface area contributed by atoms with Gasteiger partial charge >= 0.3 is 6.09 Å². The Morgan fingerprint density at radius 2 is 2.00 bits per heavy atom. The van der Waals surface area contributed by atoms with Crippen LogP contribution in [0.1, 0.15) is 17.5 Å². The van der Waals surface area contributed by atoms with Crippen molar-refractivity contribution < 1.29 is 14.3 Å². The van der Waals surface area contributed by atoms with E-state index in [2.05, 4.69) is 5.32 Å². The Morgan fingerprint density at radius 3 is 2.71 bits per heavy atom. The maximum Gasteiger partial charge on any atom is 0.407 e. The second-order valence-corrected chi connectivity index (χ2v) is 5.17. The number of rotatable bonds is 7. The first-order valence-electron chi connectivity index (χ1n) is 7.73. The molecule has 0 aliphatic carbocycles. The van der Waals surface area contributed by atoms with E-state index in [1.54, 1.807) is 13.2 Å². The van der Waals surface area contributed by atoms with Gasteiger partial charge < -0.3 is 20.5 Å². The van der Waals surface area contributed by atoms with Crippen LogP contribution in [-0.4, -0.2) is 19.7 Å². The van der Waals surface area contributed by atoms with Gasteiger partial charge in [0.1, 0.15) is 12.4 Å². The molecule has 5 heteroatoms. The van der Waals surface area contributed by atoms with Crippen LogP contribution in [0.25, 0.3) is 6.08 Å². The lowest BCUT2D eigenvalue weighted by molar-refractivity contribution is 0.140. The summed E-state index contributed by atoms with van der Waals surface area (Å²) in [6, 6.07) is 15.1. The fraction of sp³-hybridized carbons (Fsp3) is 0.211. The second-order valence-electron chi connectivity index (χ2n) is 5.17. The van der Waals surface area contributed by atoms with E-state index in [1.165, 1.54) is 0 Å². The van der Waals surface area contributed by atoms with E-state index in [-0.39, 0.29) is 6.61 Å². The minimum atomic E-state index is -0.420. The smallest absolute Gasteiger partial charge is 0.407 e. The Morgan fingerprint density at radius 1 is 1.21 bits per heavy atom. The van der Waals surface area contributed by atoms with Gasteiger partial charge in [-0.15, -0.1) is 0 Å². The summed E-state index contributed by atoms with van der Waals surface area (Å²) in [6.45, 7) is 0.769. The molecule has 0 heterocycles. The van der Waals surface area contributed by atoms with Gasteiger partial charge in [-0.1, -0.05) is 42.5 Å². The molecule has 0 atom stereocenters. The molecule has 0 spiro atoms. The minimum Gasteiger partial charge on any atom is -0.497 e. The first-order chi connectivity index (χ1) is 11.7. The largest absolute Gasteiger partial charge is 0.497 e. The Balaban J connectivity index is 1.67.